The number of hydrogen-bond acceptors (Lipinski definition) is 3. The van der Waals surface area contributed by atoms with Gasteiger partial charge in [0.2, 0.25) is 5.82 Å². The molecule has 6 nitrogen and oxygen atoms in total. The van der Waals surface area contributed by atoms with Crippen LogP contribution in [0.15, 0.2) is 54.7 Å². The Morgan fingerprint density at radius 2 is 1.88 bits per heavy atom. The zero-order chi connectivity index (χ0) is 18.1. The zero-order valence-electron chi connectivity index (χ0n) is 14.6. The molecule has 6 heteroatoms. The van der Waals surface area contributed by atoms with Gasteiger partial charge in [-0.05, 0) is 30.5 Å². The van der Waals surface area contributed by atoms with Crippen LogP contribution in [0.4, 0.5) is 0 Å². The molecule has 132 valence electrons. The van der Waals surface area contributed by atoms with Gasteiger partial charge in [-0.25, -0.2) is 4.98 Å². The molecule has 1 aliphatic rings. The van der Waals surface area contributed by atoms with E-state index in [2.05, 4.69) is 10.3 Å². The number of imidazole rings is 1. The van der Waals surface area contributed by atoms with Gasteiger partial charge in [0.15, 0.2) is 5.69 Å². The van der Waals surface area contributed by atoms with Crippen molar-refractivity contribution in [1.82, 2.24) is 19.6 Å². The molecule has 1 aromatic carbocycles. The third-order valence-electron chi connectivity index (χ3n) is 4.48. The van der Waals surface area contributed by atoms with Crippen LogP contribution in [0.2, 0.25) is 0 Å². The van der Waals surface area contributed by atoms with Gasteiger partial charge in [0.05, 0.1) is 5.52 Å². The van der Waals surface area contributed by atoms with Crippen molar-refractivity contribution in [3.8, 4) is 0 Å². The second-order valence-corrected chi connectivity index (χ2v) is 6.63. The molecule has 1 fully saturated rings. The monoisotopic (exact) mass is 348 g/mol. The maximum absolute atomic E-state index is 12.9. The molecule has 0 bridgehead atoms. The third kappa shape index (κ3) is 3.18. The van der Waals surface area contributed by atoms with E-state index in [9.17, 15) is 9.59 Å². The minimum Gasteiger partial charge on any atom is -0.348 e. The Labute approximate surface area is 151 Å². The molecule has 1 saturated carbocycles. The number of nitrogens with zero attached hydrogens (tertiary/aromatic N) is 3. The molecule has 0 aliphatic heterocycles. The van der Waals surface area contributed by atoms with Gasteiger partial charge in [0.25, 0.3) is 11.8 Å². The average molecular weight is 348 g/mol. The summed E-state index contributed by atoms with van der Waals surface area (Å²) in [5.74, 6) is -0.193. The molecule has 0 unspecified atom stereocenters. The molecule has 0 spiro atoms. The molecule has 3 aromatic rings. The van der Waals surface area contributed by atoms with Crippen LogP contribution < -0.4 is 5.32 Å². The number of nitrogens with one attached hydrogen (secondary N) is 1. The van der Waals surface area contributed by atoms with Crippen molar-refractivity contribution >= 4 is 17.3 Å². The van der Waals surface area contributed by atoms with Crippen LogP contribution in [0, 0.1) is 0 Å². The highest BCUT2D eigenvalue weighted by Crippen LogP contribution is 2.21. The third-order valence-corrected chi connectivity index (χ3v) is 4.48. The Hall–Kier alpha value is -3.15. The molecule has 0 atom stereocenters. The van der Waals surface area contributed by atoms with Crippen LogP contribution in [0.1, 0.15) is 39.5 Å². The van der Waals surface area contributed by atoms with E-state index < -0.39 is 0 Å². The smallest absolute Gasteiger partial charge is 0.290 e. The number of carbonyl (C=O) groups is 2. The highest BCUT2D eigenvalue weighted by molar-refractivity contribution is 6.02. The molecule has 1 N–H and O–H groups in total. The lowest BCUT2D eigenvalue weighted by Gasteiger charge is -2.16. The van der Waals surface area contributed by atoms with E-state index in [1.165, 1.54) is 0 Å². The number of fused-ring (bicyclic) bond motifs is 1. The first kappa shape index (κ1) is 16.3. The van der Waals surface area contributed by atoms with E-state index in [4.69, 9.17) is 0 Å². The summed E-state index contributed by atoms with van der Waals surface area (Å²) in [4.78, 5) is 31.4. The lowest BCUT2D eigenvalue weighted by atomic mass is 10.2. The van der Waals surface area contributed by atoms with Gasteiger partial charge in [-0.15, -0.1) is 0 Å². The van der Waals surface area contributed by atoms with E-state index >= 15 is 0 Å². The minimum absolute atomic E-state index is 0.221. The van der Waals surface area contributed by atoms with Crippen molar-refractivity contribution in [2.45, 2.75) is 25.4 Å². The van der Waals surface area contributed by atoms with E-state index in [1.54, 1.807) is 22.5 Å². The number of benzene rings is 1. The molecule has 26 heavy (non-hydrogen) atoms. The molecular weight excluding hydrogens is 328 g/mol. The molecular formula is C20H20N4O2. The summed E-state index contributed by atoms with van der Waals surface area (Å²) >= 11 is 0. The first-order valence-electron chi connectivity index (χ1n) is 8.71. The van der Waals surface area contributed by atoms with Crippen molar-refractivity contribution < 1.29 is 9.59 Å². The Kier molecular flexibility index (Phi) is 4.16. The van der Waals surface area contributed by atoms with Crippen molar-refractivity contribution in [3.05, 3.63) is 71.8 Å². The van der Waals surface area contributed by atoms with Crippen LogP contribution in [-0.4, -0.2) is 39.2 Å². The zero-order valence-corrected chi connectivity index (χ0v) is 14.6. The Morgan fingerprint density at radius 3 is 2.62 bits per heavy atom. The molecule has 2 heterocycles. The lowest BCUT2D eigenvalue weighted by Crippen LogP contribution is -2.28. The normalized spacial score (nSPS) is 13.6. The van der Waals surface area contributed by atoms with E-state index in [0.717, 1.165) is 18.4 Å². The highest BCUT2D eigenvalue weighted by atomic mass is 16.2. The fourth-order valence-corrected chi connectivity index (χ4v) is 2.94. The fourth-order valence-electron chi connectivity index (χ4n) is 2.94. The van der Waals surface area contributed by atoms with Gasteiger partial charge in [-0.1, -0.05) is 36.4 Å². The second kappa shape index (κ2) is 6.63. The number of hydrogen-bond donors (Lipinski definition) is 1. The predicted molar refractivity (Wildman–Crippen MR) is 97.9 cm³/mol. The SMILES string of the molecule is CN(Cc1ccccc1)C(=O)c1nc(C(=O)NC2CC2)c2ccccn12. The molecule has 0 radical (unpaired) electrons. The van der Waals surface area contributed by atoms with Gasteiger partial charge >= 0.3 is 0 Å². The maximum Gasteiger partial charge on any atom is 0.290 e. The molecule has 0 saturated heterocycles. The summed E-state index contributed by atoms with van der Waals surface area (Å²) in [5.41, 5.74) is 1.98. The first-order chi connectivity index (χ1) is 12.6. The van der Waals surface area contributed by atoms with Crippen LogP contribution in [0.3, 0.4) is 0 Å². The van der Waals surface area contributed by atoms with Gasteiger partial charge < -0.3 is 10.2 Å². The van der Waals surface area contributed by atoms with Gasteiger partial charge in [0, 0.05) is 25.8 Å². The lowest BCUT2D eigenvalue weighted by molar-refractivity contribution is 0.0772. The number of pyridine rings is 1. The summed E-state index contributed by atoms with van der Waals surface area (Å²) in [5, 5.41) is 2.94. The van der Waals surface area contributed by atoms with E-state index in [1.807, 2.05) is 48.5 Å². The quantitative estimate of drug-likeness (QED) is 0.770. The summed E-state index contributed by atoms with van der Waals surface area (Å²) in [7, 11) is 1.74. The molecule has 2 aromatic heterocycles. The van der Waals surface area contributed by atoms with Gasteiger partial charge in [-0.3, -0.25) is 14.0 Å². The van der Waals surface area contributed by atoms with E-state index in [-0.39, 0.29) is 23.7 Å². The van der Waals surface area contributed by atoms with Crippen molar-refractivity contribution in [1.29, 1.82) is 0 Å². The van der Waals surface area contributed by atoms with Crippen LogP contribution in [-0.2, 0) is 6.54 Å². The Morgan fingerprint density at radius 1 is 1.15 bits per heavy atom. The van der Waals surface area contributed by atoms with Crippen LogP contribution in [0.5, 0.6) is 0 Å². The number of rotatable bonds is 5. The Bertz CT molecular complexity index is 960. The molecule has 1 aliphatic carbocycles. The topological polar surface area (TPSA) is 66.7 Å². The first-order valence-corrected chi connectivity index (χ1v) is 8.71. The minimum atomic E-state index is -0.222. The number of amides is 2. The summed E-state index contributed by atoms with van der Waals surface area (Å²) in [6.07, 6.45) is 3.77. The van der Waals surface area contributed by atoms with Crippen molar-refractivity contribution in [2.24, 2.45) is 0 Å². The number of aromatic nitrogens is 2. The predicted octanol–water partition coefficient (Wildman–Crippen LogP) is 2.50. The molecule has 4 rings (SSSR count). The fraction of sp³-hybridized carbons (Fsp3) is 0.250. The number of carbonyl (C=O) groups excluding carboxylic acids is 2. The standard InChI is InChI=1S/C20H20N4O2/c1-23(13-14-7-3-2-4-8-14)20(26)18-22-17(19(25)21-15-10-11-15)16-9-5-6-12-24(16)18/h2-9,12,15H,10-11,13H2,1H3,(H,21,25). The van der Waals surface area contributed by atoms with E-state index in [0.29, 0.717) is 17.8 Å². The van der Waals surface area contributed by atoms with Crippen LogP contribution in [0.25, 0.3) is 5.52 Å². The van der Waals surface area contributed by atoms with Crippen molar-refractivity contribution in [2.75, 3.05) is 7.05 Å². The molecule has 2 amide bonds. The Balaban J connectivity index is 1.64. The summed E-state index contributed by atoms with van der Waals surface area (Å²) in [6.45, 7) is 0.477. The maximum atomic E-state index is 12.9. The van der Waals surface area contributed by atoms with Gasteiger partial charge in [-0.2, -0.15) is 0 Å². The summed E-state index contributed by atoms with van der Waals surface area (Å²) in [6, 6.07) is 15.5. The van der Waals surface area contributed by atoms with Gasteiger partial charge in [0.1, 0.15) is 0 Å². The summed E-state index contributed by atoms with van der Waals surface area (Å²) < 4.78 is 1.69. The average Bonchev–Trinajstić information content (AvgIpc) is 3.39. The van der Waals surface area contributed by atoms with Crippen LogP contribution >= 0.6 is 0 Å². The van der Waals surface area contributed by atoms with Crippen molar-refractivity contribution in [3.63, 3.8) is 0 Å². The second-order valence-electron chi connectivity index (χ2n) is 6.63. The highest BCUT2D eigenvalue weighted by Gasteiger charge is 2.28. The largest absolute Gasteiger partial charge is 0.348 e.